The molecule has 2 fully saturated rings. The van der Waals surface area contributed by atoms with Gasteiger partial charge in [-0.25, -0.2) is 4.79 Å². The molecule has 5 heteroatoms. The van der Waals surface area contributed by atoms with Gasteiger partial charge in [0.05, 0.1) is 6.54 Å². The highest BCUT2D eigenvalue weighted by atomic mass is 16.8. The van der Waals surface area contributed by atoms with Crippen LogP contribution in [0.15, 0.2) is 0 Å². The molecular weight excluding hydrogens is 160 g/mol. The molecule has 2 heterocycles. The fraction of sp³-hybridized carbons (Fsp3) is 0.857. The molecule has 0 aromatic rings. The average molecular weight is 172 g/mol. The van der Waals surface area contributed by atoms with Crippen LogP contribution in [0.4, 0.5) is 4.79 Å². The van der Waals surface area contributed by atoms with Gasteiger partial charge in [0.25, 0.3) is 0 Å². The molecule has 2 rings (SSSR count). The molecule has 68 valence electrons. The molecule has 2 saturated heterocycles. The number of piperidine rings is 1. The summed E-state index contributed by atoms with van der Waals surface area (Å²) in [6, 6.07) is 0. The second-order valence-electron chi connectivity index (χ2n) is 3.37. The Bertz CT molecular complexity index is 193. The van der Waals surface area contributed by atoms with Gasteiger partial charge in [0, 0.05) is 6.54 Å². The van der Waals surface area contributed by atoms with Crippen LogP contribution in [0.5, 0.6) is 0 Å². The molecule has 1 unspecified atom stereocenters. The van der Waals surface area contributed by atoms with Crippen molar-refractivity contribution in [3.63, 3.8) is 0 Å². The van der Waals surface area contributed by atoms with E-state index >= 15 is 0 Å². The van der Waals surface area contributed by atoms with E-state index in [0.717, 1.165) is 31.0 Å². The van der Waals surface area contributed by atoms with Crippen LogP contribution in [-0.2, 0) is 4.84 Å². The van der Waals surface area contributed by atoms with Crippen molar-refractivity contribution in [1.29, 1.82) is 0 Å². The van der Waals surface area contributed by atoms with Crippen molar-refractivity contribution in [1.82, 2.24) is 10.4 Å². The number of amides is 1. The van der Waals surface area contributed by atoms with Crippen molar-refractivity contribution in [2.24, 2.45) is 0 Å². The normalized spacial score (nSPS) is 34.8. The lowest BCUT2D eigenvalue weighted by atomic mass is 9.92. The summed E-state index contributed by atoms with van der Waals surface area (Å²) in [5.74, 6) is 0. The summed E-state index contributed by atoms with van der Waals surface area (Å²) in [6.45, 7) is 2.30. The fourth-order valence-electron chi connectivity index (χ4n) is 1.75. The Morgan fingerprint density at radius 2 is 2.42 bits per heavy atom. The molecule has 1 spiro atoms. The minimum Gasteiger partial charge on any atom is -0.463 e. The van der Waals surface area contributed by atoms with Crippen molar-refractivity contribution in [2.45, 2.75) is 18.4 Å². The first-order valence-electron chi connectivity index (χ1n) is 4.12. The molecule has 2 aliphatic heterocycles. The van der Waals surface area contributed by atoms with Gasteiger partial charge in [-0.15, -0.1) is 0 Å². The quantitative estimate of drug-likeness (QED) is 0.541. The van der Waals surface area contributed by atoms with Crippen LogP contribution < -0.4 is 5.32 Å². The van der Waals surface area contributed by atoms with Crippen LogP contribution in [0, 0.1) is 0 Å². The highest BCUT2D eigenvalue weighted by molar-refractivity contribution is 5.64. The maximum absolute atomic E-state index is 10.4. The molecule has 0 aromatic carbocycles. The summed E-state index contributed by atoms with van der Waals surface area (Å²) < 4.78 is 0. The van der Waals surface area contributed by atoms with Gasteiger partial charge in [0.2, 0.25) is 0 Å². The number of hydrogen-bond donors (Lipinski definition) is 2. The van der Waals surface area contributed by atoms with Crippen molar-refractivity contribution in [3.05, 3.63) is 0 Å². The van der Waals surface area contributed by atoms with Gasteiger partial charge < -0.3 is 10.4 Å². The molecule has 0 aromatic heterocycles. The van der Waals surface area contributed by atoms with E-state index < -0.39 is 6.09 Å². The number of carboxylic acid groups (broad SMARTS) is 1. The predicted octanol–water partition coefficient (Wildman–Crippen LogP) is 0.0338. The van der Waals surface area contributed by atoms with Crippen molar-refractivity contribution in [2.75, 3.05) is 19.6 Å². The molecule has 12 heavy (non-hydrogen) atoms. The van der Waals surface area contributed by atoms with E-state index in [2.05, 4.69) is 5.32 Å². The first-order chi connectivity index (χ1) is 5.72. The zero-order valence-corrected chi connectivity index (χ0v) is 6.75. The highest BCUT2D eigenvalue weighted by Crippen LogP contribution is 2.31. The van der Waals surface area contributed by atoms with Gasteiger partial charge in [-0.3, -0.25) is 4.84 Å². The van der Waals surface area contributed by atoms with E-state index in [1.165, 1.54) is 0 Å². The van der Waals surface area contributed by atoms with Gasteiger partial charge in [-0.05, 0) is 19.4 Å². The minimum absolute atomic E-state index is 0.212. The number of carbonyl (C=O) groups is 1. The number of nitrogens with zero attached hydrogens (tertiary/aromatic N) is 1. The van der Waals surface area contributed by atoms with Crippen LogP contribution in [0.3, 0.4) is 0 Å². The van der Waals surface area contributed by atoms with E-state index in [1.54, 1.807) is 0 Å². The van der Waals surface area contributed by atoms with Gasteiger partial charge in [0.1, 0.15) is 5.60 Å². The maximum Gasteiger partial charge on any atom is 0.431 e. The Morgan fingerprint density at radius 1 is 1.67 bits per heavy atom. The number of hydrogen-bond acceptors (Lipinski definition) is 3. The fourth-order valence-corrected chi connectivity index (χ4v) is 1.75. The summed E-state index contributed by atoms with van der Waals surface area (Å²) in [4.78, 5) is 15.6. The van der Waals surface area contributed by atoms with Crippen molar-refractivity contribution in [3.8, 4) is 0 Å². The second kappa shape index (κ2) is 2.60. The van der Waals surface area contributed by atoms with Gasteiger partial charge in [0.15, 0.2) is 0 Å². The summed E-state index contributed by atoms with van der Waals surface area (Å²) in [5, 5.41) is 12.7. The van der Waals surface area contributed by atoms with Gasteiger partial charge in [-0.2, -0.15) is 5.06 Å². The summed E-state index contributed by atoms with van der Waals surface area (Å²) in [5.41, 5.74) is -0.212. The number of nitrogens with one attached hydrogen (secondary N) is 1. The van der Waals surface area contributed by atoms with E-state index in [1.807, 2.05) is 0 Å². The second-order valence-corrected chi connectivity index (χ2v) is 3.37. The Hall–Kier alpha value is -0.810. The highest BCUT2D eigenvalue weighted by Gasteiger charge is 2.48. The number of hydroxylamine groups is 2. The molecule has 1 atom stereocenters. The molecule has 0 bridgehead atoms. The van der Waals surface area contributed by atoms with Gasteiger partial charge in [-0.1, -0.05) is 0 Å². The number of rotatable bonds is 0. The van der Waals surface area contributed by atoms with Gasteiger partial charge >= 0.3 is 6.09 Å². The SMILES string of the molecule is O=C(O)N1CC2(CCCNC2)O1. The third-order valence-electron chi connectivity index (χ3n) is 2.38. The molecule has 0 aliphatic carbocycles. The summed E-state index contributed by atoms with van der Waals surface area (Å²) >= 11 is 0. The standard InChI is InChI=1S/C7H12N2O3/c10-6(11)9-5-7(12-9)2-1-3-8-4-7/h8H,1-5H2,(H,10,11). The van der Waals surface area contributed by atoms with Crippen LogP contribution in [-0.4, -0.2) is 41.5 Å². The third kappa shape index (κ3) is 1.15. The lowest BCUT2D eigenvalue weighted by molar-refractivity contribution is -0.329. The lowest BCUT2D eigenvalue weighted by Crippen LogP contribution is -2.66. The monoisotopic (exact) mass is 172 g/mol. The first-order valence-corrected chi connectivity index (χ1v) is 4.12. The van der Waals surface area contributed by atoms with Crippen molar-refractivity contribution < 1.29 is 14.7 Å². The summed E-state index contributed by atoms with van der Waals surface area (Å²) in [6.07, 6.45) is 1.03. The minimum atomic E-state index is -0.994. The van der Waals surface area contributed by atoms with Crippen LogP contribution in [0.25, 0.3) is 0 Å². The molecule has 1 amide bonds. The molecule has 2 N–H and O–H groups in total. The molecule has 0 saturated carbocycles. The molecule has 5 nitrogen and oxygen atoms in total. The molecule has 0 radical (unpaired) electrons. The van der Waals surface area contributed by atoms with Crippen LogP contribution in [0.2, 0.25) is 0 Å². The topological polar surface area (TPSA) is 61.8 Å². The van der Waals surface area contributed by atoms with Crippen molar-refractivity contribution >= 4 is 6.09 Å². The Labute approximate surface area is 70.3 Å². The largest absolute Gasteiger partial charge is 0.463 e. The summed E-state index contributed by atoms with van der Waals surface area (Å²) in [7, 11) is 0. The third-order valence-corrected chi connectivity index (χ3v) is 2.38. The van der Waals surface area contributed by atoms with Crippen LogP contribution >= 0.6 is 0 Å². The molecular formula is C7H12N2O3. The maximum atomic E-state index is 10.4. The van der Waals surface area contributed by atoms with E-state index in [0.29, 0.717) is 6.54 Å². The van der Waals surface area contributed by atoms with E-state index in [4.69, 9.17) is 9.94 Å². The Morgan fingerprint density at radius 3 is 2.92 bits per heavy atom. The smallest absolute Gasteiger partial charge is 0.431 e. The Balaban J connectivity index is 1.88. The zero-order chi connectivity index (χ0) is 8.60. The predicted molar refractivity (Wildman–Crippen MR) is 40.7 cm³/mol. The average Bonchev–Trinajstić information content (AvgIpc) is 2.01. The zero-order valence-electron chi connectivity index (χ0n) is 6.75. The van der Waals surface area contributed by atoms with E-state index in [9.17, 15) is 4.79 Å². The molecule has 2 aliphatic rings. The Kier molecular flexibility index (Phi) is 1.69. The van der Waals surface area contributed by atoms with Crippen LogP contribution in [0.1, 0.15) is 12.8 Å². The lowest BCUT2D eigenvalue weighted by Gasteiger charge is -2.49. The van der Waals surface area contributed by atoms with E-state index in [-0.39, 0.29) is 5.60 Å². The first kappa shape index (κ1) is 7.82.